The maximum atomic E-state index is 13.0. The molecule has 0 amide bonds. The van der Waals surface area contributed by atoms with Gasteiger partial charge in [-0.05, 0) is 35.7 Å². The highest BCUT2D eigenvalue weighted by Gasteiger charge is 2.37. The molecule has 1 atom stereocenters. The van der Waals surface area contributed by atoms with Gasteiger partial charge in [-0.15, -0.1) is 0 Å². The van der Waals surface area contributed by atoms with Gasteiger partial charge in [-0.25, -0.2) is 0 Å². The first-order valence-electron chi connectivity index (χ1n) is 10.9. The van der Waals surface area contributed by atoms with Gasteiger partial charge in [0, 0.05) is 31.3 Å². The third-order valence-corrected chi connectivity index (χ3v) is 11.0. The molecule has 1 heterocycles. The Morgan fingerprint density at radius 3 is 2.20 bits per heavy atom. The maximum absolute atomic E-state index is 13.0. The molecule has 0 bridgehead atoms. The molecule has 0 saturated carbocycles. The van der Waals surface area contributed by atoms with Crippen LogP contribution in [0.4, 0.5) is 0 Å². The van der Waals surface area contributed by atoms with E-state index in [1.165, 1.54) is 5.56 Å². The van der Waals surface area contributed by atoms with Crippen LogP contribution in [0.1, 0.15) is 50.8 Å². The van der Waals surface area contributed by atoms with E-state index >= 15 is 0 Å². The molecule has 1 aliphatic rings. The summed E-state index contributed by atoms with van der Waals surface area (Å²) in [5.41, 5.74) is 3.00. The van der Waals surface area contributed by atoms with Crippen LogP contribution in [0, 0.1) is 0 Å². The fraction of sp³-hybridized carbons (Fsp3) is 0.423. The van der Waals surface area contributed by atoms with Crippen molar-refractivity contribution in [2.45, 2.75) is 57.8 Å². The van der Waals surface area contributed by atoms with Crippen molar-refractivity contribution in [1.29, 1.82) is 0 Å². The van der Waals surface area contributed by atoms with Crippen molar-refractivity contribution >= 4 is 19.7 Å². The van der Waals surface area contributed by atoms with Crippen LogP contribution in [0.25, 0.3) is 5.57 Å². The summed E-state index contributed by atoms with van der Waals surface area (Å²) in [5, 5.41) is 0.220. The lowest BCUT2D eigenvalue weighted by molar-refractivity contribution is -0.115. The Morgan fingerprint density at radius 1 is 1.00 bits per heavy atom. The second-order valence-electron chi connectivity index (χ2n) is 9.66. The van der Waals surface area contributed by atoms with Crippen molar-refractivity contribution in [3.8, 4) is 0 Å². The van der Waals surface area contributed by atoms with Crippen molar-refractivity contribution in [3.05, 3.63) is 78.0 Å². The Kier molecular flexibility index (Phi) is 6.99. The Balaban J connectivity index is 1.77. The third kappa shape index (κ3) is 5.30. The Hall–Kier alpha value is -2.17. The minimum atomic E-state index is -1.74. The van der Waals surface area contributed by atoms with Gasteiger partial charge in [0.15, 0.2) is 14.1 Å². The fourth-order valence-corrected chi connectivity index (χ4v) is 4.67. The average molecular weight is 422 g/mol. The predicted molar refractivity (Wildman–Crippen MR) is 128 cm³/mol. The summed E-state index contributed by atoms with van der Waals surface area (Å²) in [4.78, 5) is 15.3. The van der Waals surface area contributed by atoms with Crippen molar-refractivity contribution in [2.24, 2.45) is 0 Å². The van der Waals surface area contributed by atoms with E-state index in [4.69, 9.17) is 4.43 Å². The van der Waals surface area contributed by atoms with E-state index in [9.17, 15) is 4.79 Å². The normalized spacial score (nSPS) is 17.8. The van der Waals surface area contributed by atoms with Crippen LogP contribution in [0.5, 0.6) is 0 Å². The number of carbonyl (C=O) groups is 1. The van der Waals surface area contributed by atoms with Gasteiger partial charge in [-0.2, -0.15) is 0 Å². The zero-order valence-electron chi connectivity index (χ0n) is 19.0. The fourth-order valence-electron chi connectivity index (χ4n) is 3.58. The Morgan fingerprint density at radius 2 is 1.60 bits per heavy atom. The van der Waals surface area contributed by atoms with Crippen LogP contribution in [0.3, 0.4) is 0 Å². The van der Waals surface area contributed by atoms with Crippen LogP contribution in [0.2, 0.25) is 18.1 Å². The first-order valence-corrected chi connectivity index (χ1v) is 13.8. The monoisotopic (exact) mass is 421 g/mol. The van der Waals surface area contributed by atoms with Crippen molar-refractivity contribution < 1.29 is 9.22 Å². The largest absolute Gasteiger partial charge is 0.417 e. The highest BCUT2D eigenvalue weighted by atomic mass is 28.4. The van der Waals surface area contributed by atoms with Crippen LogP contribution in [-0.4, -0.2) is 32.2 Å². The van der Waals surface area contributed by atoms with Gasteiger partial charge in [0.1, 0.15) is 0 Å². The highest BCUT2D eigenvalue weighted by molar-refractivity contribution is 6.74. The van der Waals surface area contributed by atoms with E-state index in [0.717, 1.165) is 30.7 Å². The zero-order valence-corrected chi connectivity index (χ0v) is 20.0. The predicted octanol–water partition coefficient (Wildman–Crippen LogP) is 6.46. The molecule has 2 aromatic carbocycles. The van der Waals surface area contributed by atoms with Crippen LogP contribution >= 0.6 is 0 Å². The number of ketones is 1. The van der Waals surface area contributed by atoms with Gasteiger partial charge < -0.3 is 9.33 Å². The number of rotatable bonds is 7. The molecule has 1 aliphatic heterocycles. The minimum Gasteiger partial charge on any atom is -0.417 e. The molecular weight excluding hydrogens is 386 g/mol. The second kappa shape index (κ2) is 9.32. The lowest BCUT2D eigenvalue weighted by Gasteiger charge is -2.37. The number of nitrogens with zero attached hydrogens (tertiary/aromatic N) is 1. The van der Waals surface area contributed by atoms with Crippen LogP contribution in [-0.2, 0) is 9.22 Å². The van der Waals surface area contributed by atoms with E-state index in [-0.39, 0.29) is 16.9 Å². The van der Waals surface area contributed by atoms with E-state index in [1.807, 2.05) is 36.4 Å². The van der Waals surface area contributed by atoms with Crippen molar-refractivity contribution in [2.75, 3.05) is 13.2 Å². The maximum Gasteiger partial charge on any atom is 0.191 e. The summed E-state index contributed by atoms with van der Waals surface area (Å²) in [7, 11) is -1.74. The smallest absolute Gasteiger partial charge is 0.191 e. The van der Waals surface area contributed by atoms with E-state index in [2.05, 4.69) is 69.2 Å². The van der Waals surface area contributed by atoms with Crippen molar-refractivity contribution in [3.63, 3.8) is 0 Å². The molecule has 160 valence electrons. The van der Waals surface area contributed by atoms with Gasteiger partial charge in [0.05, 0.1) is 6.04 Å². The minimum absolute atomic E-state index is 0.0824. The Bertz CT molecular complexity index is 869. The lowest BCUT2D eigenvalue weighted by atomic mass is 9.90. The number of hydrogen-bond donors (Lipinski definition) is 0. The van der Waals surface area contributed by atoms with Gasteiger partial charge in [0.25, 0.3) is 0 Å². The summed E-state index contributed by atoms with van der Waals surface area (Å²) in [6.45, 7) is 13.1. The molecule has 1 unspecified atom stereocenters. The van der Waals surface area contributed by atoms with Crippen LogP contribution < -0.4 is 0 Å². The van der Waals surface area contributed by atoms with Gasteiger partial charge in [-0.1, -0.05) is 81.4 Å². The second-order valence-corrected chi connectivity index (χ2v) is 14.5. The third-order valence-electron chi connectivity index (χ3n) is 6.47. The summed E-state index contributed by atoms with van der Waals surface area (Å²) >= 11 is 0. The summed E-state index contributed by atoms with van der Waals surface area (Å²) in [6.07, 6.45) is 3.53. The van der Waals surface area contributed by atoms with E-state index in [0.29, 0.717) is 6.42 Å². The number of allylic oxidation sites excluding steroid dienone is 1. The molecule has 30 heavy (non-hydrogen) atoms. The molecule has 3 nitrogen and oxygen atoms in total. The van der Waals surface area contributed by atoms with E-state index in [1.54, 1.807) is 0 Å². The average Bonchev–Trinajstić information content (AvgIpc) is 2.72. The SMILES string of the molecule is CC(C)(C)[Si](C)(C)OCCCN1C=C(c2ccccc2)C(=O)CC1c1ccccc1. The van der Waals surface area contributed by atoms with Crippen LogP contribution in [0.15, 0.2) is 66.9 Å². The van der Waals surface area contributed by atoms with Crippen molar-refractivity contribution in [1.82, 2.24) is 4.90 Å². The standard InChI is InChI=1S/C26H35NO2Si/c1-26(2,3)30(4,5)29-18-12-17-27-20-23(21-13-8-6-9-14-21)25(28)19-24(27)22-15-10-7-11-16-22/h6-11,13-16,20,24H,12,17-19H2,1-5H3. The summed E-state index contributed by atoms with van der Waals surface area (Å²) in [6, 6.07) is 20.5. The molecule has 0 N–H and O–H groups in total. The zero-order chi connectivity index (χ0) is 21.8. The first-order chi connectivity index (χ1) is 14.2. The summed E-state index contributed by atoms with van der Waals surface area (Å²) < 4.78 is 6.38. The molecule has 2 aromatic rings. The first kappa shape index (κ1) is 22.5. The molecule has 0 aromatic heterocycles. The molecule has 0 saturated heterocycles. The molecule has 0 aliphatic carbocycles. The van der Waals surface area contributed by atoms with Gasteiger partial charge >= 0.3 is 0 Å². The topological polar surface area (TPSA) is 29.5 Å². The molecular formula is C26H35NO2Si. The molecule has 4 heteroatoms. The van der Waals surface area contributed by atoms with Gasteiger partial charge in [-0.3, -0.25) is 4.79 Å². The lowest BCUT2D eigenvalue weighted by Crippen LogP contribution is -2.41. The van der Waals surface area contributed by atoms with E-state index < -0.39 is 8.32 Å². The van der Waals surface area contributed by atoms with Gasteiger partial charge in [0.2, 0.25) is 0 Å². The molecule has 3 rings (SSSR count). The Labute approximate surface area is 182 Å². The number of Topliss-reactive ketones (excluding diaryl/α,β-unsaturated/α-hetero) is 1. The summed E-state index contributed by atoms with van der Waals surface area (Å²) in [5.74, 6) is 0.212. The number of carbonyl (C=O) groups excluding carboxylic acids is 1. The number of hydrogen-bond acceptors (Lipinski definition) is 3. The molecule has 0 spiro atoms. The number of benzene rings is 2. The molecule has 0 radical (unpaired) electrons. The quantitative estimate of drug-likeness (QED) is 0.380. The molecule has 0 fully saturated rings. The highest BCUT2D eigenvalue weighted by Crippen LogP contribution is 2.37.